The molecule has 1 unspecified atom stereocenters. The van der Waals surface area contributed by atoms with Gasteiger partial charge >= 0.3 is 0 Å². The van der Waals surface area contributed by atoms with E-state index in [1.165, 1.54) is 0 Å². The van der Waals surface area contributed by atoms with Gasteiger partial charge in [-0.3, -0.25) is 19.2 Å². The summed E-state index contributed by atoms with van der Waals surface area (Å²) in [4.78, 5) is 32.3. The summed E-state index contributed by atoms with van der Waals surface area (Å²) in [6.45, 7) is 6.69. The van der Waals surface area contributed by atoms with Crippen LogP contribution in [0.5, 0.6) is 0 Å². The van der Waals surface area contributed by atoms with E-state index < -0.39 is 0 Å². The van der Waals surface area contributed by atoms with Gasteiger partial charge in [-0.25, -0.2) is 0 Å². The molecule has 29 heavy (non-hydrogen) atoms. The third kappa shape index (κ3) is 4.80. The number of aromatic nitrogens is 2. The maximum atomic E-state index is 13.1. The first-order valence-electron chi connectivity index (χ1n) is 11.0. The third-order valence-electron chi connectivity index (χ3n) is 6.56. The molecule has 0 radical (unpaired) electrons. The van der Waals surface area contributed by atoms with Crippen molar-refractivity contribution >= 4 is 11.8 Å². The first-order chi connectivity index (χ1) is 14.1. The maximum absolute atomic E-state index is 13.1. The highest BCUT2D eigenvalue weighted by Crippen LogP contribution is 2.30. The van der Waals surface area contributed by atoms with Gasteiger partial charge in [-0.2, -0.15) is 5.10 Å². The molecule has 2 saturated heterocycles. The van der Waals surface area contributed by atoms with Crippen LogP contribution in [0, 0.1) is 5.92 Å². The molecule has 1 aromatic rings. The normalized spacial score (nSPS) is 23.2. The molecular weight excluding hydrogens is 370 g/mol. The van der Waals surface area contributed by atoms with Crippen molar-refractivity contribution in [1.82, 2.24) is 24.5 Å². The van der Waals surface area contributed by atoms with Gasteiger partial charge in [-0.05, 0) is 25.7 Å². The second-order valence-corrected chi connectivity index (χ2v) is 8.56. The summed E-state index contributed by atoms with van der Waals surface area (Å²) in [7, 11) is 1.82. The molecule has 0 spiro atoms. The summed E-state index contributed by atoms with van der Waals surface area (Å²) in [5, 5.41) is 4.11. The maximum Gasteiger partial charge on any atom is 0.257 e. The molecule has 8 nitrogen and oxygen atoms in total. The first-order valence-corrected chi connectivity index (χ1v) is 11.0. The van der Waals surface area contributed by atoms with Gasteiger partial charge in [0.2, 0.25) is 5.91 Å². The third-order valence-corrected chi connectivity index (χ3v) is 6.56. The van der Waals surface area contributed by atoms with Crippen molar-refractivity contribution in [3.8, 4) is 0 Å². The van der Waals surface area contributed by atoms with E-state index in [0.29, 0.717) is 24.6 Å². The lowest BCUT2D eigenvalue weighted by atomic mass is 9.84. The van der Waals surface area contributed by atoms with Crippen molar-refractivity contribution in [3.05, 3.63) is 18.0 Å². The Kier molecular flexibility index (Phi) is 6.50. The number of nitrogens with zero attached hydrogens (tertiary/aromatic N) is 5. The Morgan fingerprint density at radius 2 is 2.00 bits per heavy atom. The minimum atomic E-state index is 0.0185. The van der Waals surface area contributed by atoms with Crippen molar-refractivity contribution in [1.29, 1.82) is 0 Å². The van der Waals surface area contributed by atoms with E-state index in [2.05, 4.69) is 14.9 Å². The standard InChI is InChI=1S/C21H33N5O3/c1-23-15-18(14-22-23)20(27)25-9-6-19(16-25)26(21(28)17-4-2-5-17)8-3-7-24-10-12-29-13-11-24/h14-15,17,19H,2-13,16H2,1H3. The number of rotatable bonds is 7. The van der Waals surface area contributed by atoms with Crippen LogP contribution in [0.1, 0.15) is 42.5 Å². The molecule has 1 aliphatic carbocycles. The van der Waals surface area contributed by atoms with Crippen LogP contribution in [0.4, 0.5) is 0 Å². The molecule has 4 rings (SSSR count). The van der Waals surface area contributed by atoms with Gasteiger partial charge in [0.25, 0.3) is 5.91 Å². The molecule has 0 bridgehead atoms. The van der Waals surface area contributed by atoms with Crippen LogP contribution >= 0.6 is 0 Å². The predicted octanol–water partition coefficient (Wildman–Crippen LogP) is 0.986. The Morgan fingerprint density at radius 3 is 2.66 bits per heavy atom. The molecule has 2 aliphatic heterocycles. The van der Waals surface area contributed by atoms with Crippen molar-refractivity contribution in [2.45, 2.75) is 38.1 Å². The van der Waals surface area contributed by atoms with Crippen molar-refractivity contribution in [2.24, 2.45) is 13.0 Å². The zero-order valence-electron chi connectivity index (χ0n) is 17.5. The number of ether oxygens (including phenoxy) is 1. The topological polar surface area (TPSA) is 70.9 Å². The zero-order valence-corrected chi connectivity index (χ0v) is 17.5. The van der Waals surface area contributed by atoms with E-state index in [0.717, 1.165) is 71.5 Å². The molecule has 160 valence electrons. The molecule has 8 heteroatoms. The van der Waals surface area contributed by atoms with Gasteiger partial charge in [0.1, 0.15) is 0 Å². The van der Waals surface area contributed by atoms with Crippen LogP contribution in [-0.2, 0) is 16.6 Å². The summed E-state index contributed by atoms with van der Waals surface area (Å²) < 4.78 is 7.07. The minimum Gasteiger partial charge on any atom is -0.379 e. The highest BCUT2D eigenvalue weighted by atomic mass is 16.5. The van der Waals surface area contributed by atoms with Gasteiger partial charge in [-0.1, -0.05) is 6.42 Å². The number of aryl methyl sites for hydroxylation is 1. The van der Waals surface area contributed by atoms with Crippen LogP contribution in [0.15, 0.2) is 12.4 Å². The molecule has 3 aliphatic rings. The highest BCUT2D eigenvalue weighted by molar-refractivity contribution is 5.94. The van der Waals surface area contributed by atoms with Crippen LogP contribution < -0.4 is 0 Å². The van der Waals surface area contributed by atoms with Crippen LogP contribution in [0.25, 0.3) is 0 Å². The molecule has 1 atom stereocenters. The summed E-state index contributed by atoms with van der Waals surface area (Å²) in [5.74, 6) is 0.519. The SMILES string of the molecule is Cn1cc(C(=O)N2CCC(N(CCCN3CCOCC3)C(=O)C3CCC3)C2)cn1. The fourth-order valence-electron chi connectivity index (χ4n) is 4.55. The van der Waals surface area contributed by atoms with Gasteiger partial charge < -0.3 is 14.5 Å². The molecular formula is C21H33N5O3. The number of likely N-dealkylation sites (tertiary alicyclic amines) is 1. The van der Waals surface area contributed by atoms with E-state index in [1.54, 1.807) is 17.1 Å². The first kappa shape index (κ1) is 20.3. The summed E-state index contributed by atoms with van der Waals surface area (Å²) in [5.41, 5.74) is 0.623. The van der Waals surface area contributed by atoms with E-state index in [1.807, 2.05) is 11.9 Å². The molecule has 1 saturated carbocycles. The van der Waals surface area contributed by atoms with Gasteiger partial charge in [0.05, 0.1) is 31.0 Å². The van der Waals surface area contributed by atoms with Crippen LogP contribution in [-0.4, -0.2) is 94.8 Å². The molecule has 0 N–H and O–H groups in total. The van der Waals surface area contributed by atoms with Gasteiger partial charge in [-0.15, -0.1) is 0 Å². The molecule has 1 aromatic heterocycles. The Hall–Kier alpha value is -1.93. The second kappa shape index (κ2) is 9.26. The number of hydrogen-bond acceptors (Lipinski definition) is 5. The van der Waals surface area contributed by atoms with Crippen LogP contribution in [0.2, 0.25) is 0 Å². The fourth-order valence-corrected chi connectivity index (χ4v) is 4.55. The molecule has 2 amide bonds. The number of amides is 2. The van der Waals surface area contributed by atoms with E-state index >= 15 is 0 Å². The van der Waals surface area contributed by atoms with Gasteiger partial charge in [0, 0.05) is 58.4 Å². The largest absolute Gasteiger partial charge is 0.379 e. The van der Waals surface area contributed by atoms with Gasteiger partial charge in [0.15, 0.2) is 0 Å². The zero-order chi connectivity index (χ0) is 20.2. The van der Waals surface area contributed by atoms with E-state index in [-0.39, 0.29) is 17.9 Å². The van der Waals surface area contributed by atoms with E-state index in [4.69, 9.17) is 4.74 Å². The lowest BCUT2D eigenvalue weighted by Gasteiger charge is -2.36. The van der Waals surface area contributed by atoms with Crippen LogP contribution in [0.3, 0.4) is 0 Å². The van der Waals surface area contributed by atoms with Crippen molar-refractivity contribution < 1.29 is 14.3 Å². The lowest BCUT2D eigenvalue weighted by molar-refractivity contribution is -0.140. The number of carbonyl (C=O) groups is 2. The summed E-state index contributed by atoms with van der Waals surface area (Å²) in [6.07, 6.45) is 8.42. The van der Waals surface area contributed by atoms with Crippen molar-refractivity contribution in [2.75, 3.05) is 52.5 Å². The monoisotopic (exact) mass is 403 g/mol. The Bertz CT molecular complexity index is 711. The fraction of sp³-hybridized carbons (Fsp3) is 0.762. The summed E-state index contributed by atoms with van der Waals surface area (Å²) in [6, 6.07) is 0.133. The van der Waals surface area contributed by atoms with E-state index in [9.17, 15) is 9.59 Å². The Morgan fingerprint density at radius 1 is 1.21 bits per heavy atom. The average molecular weight is 404 g/mol. The highest BCUT2D eigenvalue weighted by Gasteiger charge is 2.37. The summed E-state index contributed by atoms with van der Waals surface area (Å²) >= 11 is 0. The number of hydrogen-bond donors (Lipinski definition) is 0. The Balaban J connectivity index is 1.35. The number of morpholine rings is 1. The quantitative estimate of drug-likeness (QED) is 0.679. The lowest BCUT2D eigenvalue weighted by Crippen LogP contribution is -2.48. The molecule has 3 heterocycles. The number of carbonyl (C=O) groups excluding carboxylic acids is 2. The predicted molar refractivity (Wildman–Crippen MR) is 108 cm³/mol. The second-order valence-electron chi connectivity index (χ2n) is 8.56. The average Bonchev–Trinajstić information content (AvgIpc) is 3.33. The molecule has 3 fully saturated rings. The minimum absolute atomic E-state index is 0.0185. The molecule has 0 aromatic carbocycles. The van der Waals surface area contributed by atoms with Crippen molar-refractivity contribution in [3.63, 3.8) is 0 Å². The Labute approximate surface area is 172 Å². The smallest absolute Gasteiger partial charge is 0.257 e.